The zero-order valence-electron chi connectivity index (χ0n) is 14.9. The molecule has 0 spiro atoms. The molecule has 0 N–H and O–H groups in total. The number of rotatable bonds is 5. The van der Waals surface area contributed by atoms with Crippen molar-refractivity contribution in [1.29, 1.82) is 0 Å². The van der Waals surface area contributed by atoms with Crippen molar-refractivity contribution in [3.8, 4) is 0 Å². The Labute approximate surface area is 151 Å². The maximum Gasteiger partial charge on any atom is 0.245 e. The van der Waals surface area contributed by atoms with E-state index in [4.69, 9.17) is 9.26 Å². The molecule has 2 fully saturated rings. The van der Waals surface area contributed by atoms with Crippen LogP contribution in [0.2, 0.25) is 0 Å². The van der Waals surface area contributed by atoms with E-state index >= 15 is 0 Å². The molecule has 10 heteroatoms. The number of carbonyl (C=O) groups excluding carboxylic acids is 1. The molecule has 0 aliphatic carbocycles. The molecular weight excluding hydrogens is 338 g/mol. The topological polar surface area (TPSA) is 102 Å². The Balaban J connectivity index is 1.42. The summed E-state index contributed by atoms with van der Waals surface area (Å²) in [6.45, 7) is 6.47. The summed E-state index contributed by atoms with van der Waals surface area (Å²) < 4.78 is 12.3. The van der Waals surface area contributed by atoms with Crippen LogP contribution in [-0.2, 0) is 22.6 Å². The molecule has 1 atom stereocenters. The molecule has 140 valence electrons. The zero-order chi connectivity index (χ0) is 17.9. The first kappa shape index (κ1) is 17.1. The third-order valence-corrected chi connectivity index (χ3v) is 4.91. The number of ether oxygens (including phenoxy) is 1. The number of aryl methyl sites for hydroxylation is 1. The van der Waals surface area contributed by atoms with Crippen molar-refractivity contribution in [3.63, 3.8) is 0 Å². The highest BCUT2D eigenvalue weighted by molar-refractivity contribution is 5.76. The van der Waals surface area contributed by atoms with Gasteiger partial charge in [-0.15, -0.1) is 5.10 Å². The zero-order valence-corrected chi connectivity index (χ0v) is 14.9. The van der Waals surface area contributed by atoms with Gasteiger partial charge in [-0.05, 0) is 30.2 Å². The van der Waals surface area contributed by atoms with Crippen molar-refractivity contribution in [2.45, 2.75) is 38.9 Å². The van der Waals surface area contributed by atoms with Gasteiger partial charge in [-0.3, -0.25) is 9.69 Å². The first-order valence-corrected chi connectivity index (χ1v) is 8.98. The predicted molar refractivity (Wildman–Crippen MR) is 88.8 cm³/mol. The van der Waals surface area contributed by atoms with Crippen LogP contribution in [0.5, 0.6) is 0 Å². The van der Waals surface area contributed by atoms with E-state index in [0.29, 0.717) is 32.1 Å². The van der Waals surface area contributed by atoms with Crippen molar-refractivity contribution >= 4 is 5.91 Å². The molecule has 10 nitrogen and oxygen atoms in total. The molecular formula is C16H23N7O3. The molecule has 1 amide bonds. The summed E-state index contributed by atoms with van der Waals surface area (Å²) in [5, 5.41) is 15.8. The standard InChI is InChI=1S/C16H23N7O3/c1-12-9-14(26-18-12)13-3-2-4-22(13)16(24)11-23-15(17-19-20-23)10-21-5-7-25-8-6-21/h9,13H,2-8,10-11H2,1H3/t13-/m0/s1. The minimum atomic E-state index is -0.0529. The molecule has 4 rings (SSSR count). The Morgan fingerprint density at radius 1 is 1.31 bits per heavy atom. The lowest BCUT2D eigenvalue weighted by Crippen LogP contribution is -2.37. The van der Waals surface area contributed by atoms with Crippen LogP contribution in [0.1, 0.15) is 36.2 Å². The van der Waals surface area contributed by atoms with E-state index in [0.717, 1.165) is 37.4 Å². The van der Waals surface area contributed by atoms with Crippen LogP contribution in [-0.4, -0.2) is 73.9 Å². The average molecular weight is 361 g/mol. The molecule has 4 heterocycles. The molecule has 0 aromatic carbocycles. The number of hydrogen-bond acceptors (Lipinski definition) is 8. The van der Waals surface area contributed by atoms with Crippen LogP contribution in [0.3, 0.4) is 0 Å². The second-order valence-corrected chi connectivity index (χ2v) is 6.76. The van der Waals surface area contributed by atoms with E-state index < -0.39 is 0 Å². The van der Waals surface area contributed by atoms with Gasteiger partial charge in [-0.1, -0.05) is 5.16 Å². The van der Waals surface area contributed by atoms with Crippen LogP contribution >= 0.6 is 0 Å². The van der Waals surface area contributed by atoms with Crippen LogP contribution in [0.15, 0.2) is 10.6 Å². The van der Waals surface area contributed by atoms with Crippen LogP contribution in [0, 0.1) is 6.92 Å². The van der Waals surface area contributed by atoms with Gasteiger partial charge < -0.3 is 14.2 Å². The lowest BCUT2D eigenvalue weighted by atomic mass is 10.1. The fourth-order valence-electron chi connectivity index (χ4n) is 3.54. The summed E-state index contributed by atoms with van der Waals surface area (Å²) in [7, 11) is 0. The second-order valence-electron chi connectivity index (χ2n) is 6.76. The van der Waals surface area contributed by atoms with Gasteiger partial charge in [-0.25, -0.2) is 4.68 Å². The van der Waals surface area contributed by atoms with Crippen LogP contribution < -0.4 is 0 Å². The third kappa shape index (κ3) is 3.61. The van der Waals surface area contributed by atoms with Crippen LogP contribution in [0.4, 0.5) is 0 Å². The van der Waals surface area contributed by atoms with Gasteiger partial charge in [0.15, 0.2) is 11.6 Å². The minimum Gasteiger partial charge on any atom is -0.379 e. The molecule has 2 aromatic heterocycles. The predicted octanol–water partition coefficient (Wildman–Crippen LogP) is 0.165. The quantitative estimate of drug-likeness (QED) is 0.742. The van der Waals surface area contributed by atoms with Crippen molar-refractivity contribution in [1.82, 2.24) is 35.2 Å². The average Bonchev–Trinajstić information content (AvgIpc) is 3.37. The number of hydrogen-bond donors (Lipinski definition) is 0. The minimum absolute atomic E-state index is 0.00270. The first-order chi connectivity index (χ1) is 12.7. The fourth-order valence-corrected chi connectivity index (χ4v) is 3.54. The largest absolute Gasteiger partial charge is 0.379 e. The molecule has 0 radical (unpaired) electrons. The van der Waals surface area contributed by atoms with E-state index in [1.807, 2.05) is 17.9 Å². The molecule has 0 unspecified atom stereocenters. The summed E-state index contributed by atoms with van der Waals surface area (Å²) in [4.78, 5) is 16.9. The lowest BCUT2D eigenvalue weighted by molar-refractivity contribution is -0.133. The highest BCUT2D eigenvalue weighted by Gasteiger charge is 2.33. The highest BCUT2D eigenvalue weighted by Crippen LogP contribution is 2.32. The van der Waals surface area contributed by atoms with Crippen LogP contribution in [0.25, 0.3) is 0 Å². The summed E-state index contributed by atoms with van der Waals surface area (Å²) >= 11 is 0. The Morgan fingerprint density at radius 2 is 2.15 bits per heavy atom. The van der Waals surface area contributed by atoms with E-state index in [-0.39, 0.29) is 18.5 Å². The number of tetrazole rings is 1. The van der Waals surface area contributed by atoms with E-state index in [2.05, 4.69) is 25.6 Å². The van der Waals surface area contributed by atoms with E-state index in [1.54, 1.807) is 4.68 Å². The number of morpholine rings is 1. The third-order valence-electron chi connectivity index (χ3n) is 4.91. The molecule has 2 saturated heterocycles. The fraction of sp³-hybridized carbons (Fsp3) is 0.688. The summed E-state index contributed by atoms with van der Waals surface area (Å²) in [6.07, 6.45) is 1.84. The maximum absolute atomic E-state index is 12.9. The summed E-state index contributed by atoms with van der Waals surface area (Å²) in [5.74, 6) is 1.45. The van der Waals surface area contributed by atoms with E-state index in [9.17, 15) is 4.79 Å². The van der Waals surface area contributed by atoms with Gasteiger partial charge in [0.05, 0.1) is 31.5 Å². The van der Waals surface area contributed by atoms with Crippen molar-refractivity contribution in [2.75, 3.05) is 32.8 Å². The number of aromatic nitrogens is 5. The van der Waals surface area contributed by atoms with Gasteiger partial charge in [0, 0.05) is 25.7 Å². The number of carbonyl (C=O) groups is 1. The van der Waals surface area contributed by atoms with Crippen molar-refractivity contribution < 1.29 is 14.1 Å². The van der Waals surface area contributed by atoms with E-state index in [1.165, 1.54) is 0 Å². The Hall–Kier alpha value is -2.33. The number of likely N-dealkylation sites (tertiary alicyclic amines) is 1. The van der Waals surface area contributed by atoms with Gasteiger partial charge >= 0.3 is 0 Å². The van der Waals surface area contributed by atoms with Gasteiger partial charge in [0.2, 0.25) is 5.91 Å². The van der Waals surface area contributed by atoms with Crippen molar-refractivity contribution in [2.24, 2.45) is 0 Å². The highest BCUT2D eigenvalue weighted by atomic mass is 16.5. The summed E-state index contributed by atoms with van der Waals surface area (Å²) in [6, 6.07) is 1.85. The Bertz CT molecular complexity index is 753. The molecule has 2 aliphatic rings. The molecule has 2 aromatic rings. The number of nitrogens with zero attached hydrogens (tertiary/aromatic N) is 7. The Morgan fingerprint density at radius 3 is 2.92 bits per heavy atom. The lowest BCUT2D eigenvalue weighted by Gasteiger charge is -2.26. The number of amides is 1. The molecule has 0 saturated carbocycles. The van der Waals surface area contributed by atoms with Gasteiger partial charge in [-0.2, -0.15) is 0 Å². The summed E-state index contributed by atoms with van der Waals surface area (Å²) in [5.41, 5.74) is 0.826. The maximum atomic E-state index is 12.9. The molecule has 26 heavy (non-hydrogen) atoms. The Kier molecular flexibility index (Phi) is 4.93. The second kappa shape index (κ2) is 7.50. The first-order valence-electron chi connectivity index (χ1n) is 8.98. The molecule has 2 aliphatic heterocycles. The van der Waals surface area contributed by atoms with Gasteiger partial charge in [0.1, 0.15) is 6.54 Å². The van der Waals surface area contributed by atoms with Crippen molar-refractivity contribution in [3.05, 3.63) is 23.3 Å². The molecule has 0 bridgehead atoms. The monoisotopic (exact) mass is 361 g/mol. The normalized spacial score (nSPS) is 21.4. The van der Waals surface area contributed by atoms with Gasteiger partial charge in [0.25, 0.3) is 0 Å². The SMILES string of the molecule is Cc1cc([C@@H]2CCCN2C(=O)Cn2nnnc2CN2CCOCC2)on1. The smallest absolute Gasteiger partial charge is 0.245 e.